The van der Waals surface area contributed by atoms with Gasteiger partial charge in [0, 0.05) is 51.9 Å². The Labute approximate surface area is 164 Å². The molecule has 0 aromatic rings. The SMILES string of the molecule is CCNC(=NCCCN1CCN(C(=O)OC(C)(C)C)CC1)NC1CCCC1. The van der Waals surface area contributed by atoms with E-state index in [0.717, 1.165) is 58.2 Å². The number of hydrogen-bond donors (Lipinski definition) is 2. The van der Waals surface area contributed by atoms with Gasteiger partial charge in [-0.2, -0.15) is 0 Å². The fraction of sp³-hybridized carbons (Fsp3) is 0.900. The molecule has 0 aromatic carbocycles. The minimum Gasteiger partial charge on any atom is -0.444 e. The van der Waals surface area contributed by atoms with E-state index < -0.39 is 5.60 Å². The van der Waals surface area contributed by atoms with Crippen LogP contribution in [0.2, 0.25) is 0 Å². The second-order valence-electron chi connectivity index (χ2n) is 8.55. The van der Waals surface area contributed by atoms with Gasteiger partial charge >= 0.3 is 6.09 Å². The molecule has 156 valence electrons. The summed E-state index contributed by atoms with van der Waals surface area (Å²) in [6, 6.07) is 0.587. The number of guanidine groups is 1. The molecule has 1 saturated heterocycles. The molecule has 2 fully saturated rings. The number of aliphatic imine (C=N–C) groups is 1. The van der Waals surface area contributed by atoms with Gasteiger partial charge in [0.25, 0.3) is 0 Å². The number of amides is 1. The van der Waals surface area contributed by atoms with Crippen LogP contribution in [0.25, 0.3) is 0 Å². The van der Waals surface area contributed by atoms with Gasteiger partial charge in [0.2, 0.25) is 0 Å². The van der Waals surface area contributed by atoms with E-state index in [0.29, 0.717) is 6.04 Å². The average molecular weight is 382 g/mol. The summed E-state index contributed by atoms with van der Waals surface area (Å²) >= 11 is 0. The zero-order valence-corrected chi connectivity index (χ0v) is 17.7. The van der Waals surface area contributed by atoms with Crippen molar-refractivity contribution in [1.82, 2.24) is 20.4 Å². The number of carbonyl (C=O) groups is 1. The lowest BCUT2D eigenvalue weighted by Gasteiger charge is -2.35. The molecule has 2 rings (SSSR count). The van der Waals surface area contributed by atoms with Crippen molar-refractivity contribution in [2.24, 2.45) is 4.99 Å². The molecule has 7 nitrogen and oxygen atoms in total. The van der Waals surface area contributed by atoms with Gasteiger partial charge in [-0.1, -0.05) is 12.8 Å². The van der Waals surface area contributed by atoms with Crippen LogP contribution in [0.5, 0.6) is 0 Å². The Morgan fingerprint density at radius 1 is 1.15 bits per heavy atom. The predicted octanol–water partition coefficient (Wildman–Crippen LogP) is 2.43. The van der Waals surface area contributed by atoms with E-state index >= 15 is 0 Å². The summed E-state index contributed by atoms with van der Waals surface area (Å²) in [7, 11) is 0. The molecule has 0 radical (unpaired) electrons. The Bertz CT molecular complexity index is 475. The number of nitrogens with zero attached hydrogens (tertiary/aromatic N) is 3. The summed E-state index contributed by atoms with van der Waals surface area (Å²) in [4.78, 5) is 21.1. The van der Waals surface area contributed by atoms with E-state index in [9.17, 15) is 4.79 Å². The van der Waals surface area contributed by atoms with E-state index in [1.54, 1.807) is 0 Å². The van der Waals surface area contributed by atoms with Crippen LogP contribution < -0.4 is 10.6 Å². The average Bonchev–Trinajstić information content (AvgIpc) is 3.11. The molecule has 1 aliphatic heterocycles. The first-order valence-electron chi connectivity index (χ1n) is 10.6. The van der Waals surface area contributed by atoms with Gasteiger partial charge in [0.1, 0.15) is 5.60 Å². The minimum atomic E-state index is -0.428. The maximum atomic E-state index is 12.1. The van der Waals surface area contributed by atoms with E-state index in [-0.39, 0.29) is 6.09 Å². The molecule has 1 heterocycles. The molecule has 0 bridgehead atoms. The summed E-state index contributed by atoms with van der Waals surface area (Å²) < 4.78 is 5.45. The topological polar surface area (TPSA) is 69.2 Å². The lowest BCUT2D eigenvalue weighted by Crippen LogP contribution is -2.50. The summed E-state index contributed by atoms with van der Waals surface area (Å²) in [6.45, 7) is 13.9. The number of ether oxygens (including phenoxy) is 1. The molecule has 7 heteroatoms. The second-order valence-corrected chi connectivity index (χ2v) is 8.55. The molecule has 0 aromatic heterocycles. The number of hydrogen-bond acceptors (Lipinski definition) is 4. The van der Waals surface area contributed by atoms with Crippen LogP contribution in [0, 0.1) is 0 Å². The van der Waals surface area contributed by atoms with Gasteiger partial charge in [-0.15, -0.1) is 0 Å². The van der Waals surface area contributed by atoms with Crippen molar-refractivity contribution in [3.05, 3.63) is 0 Å². The summed E-state index contributed by atoms with van der Waals surface area (Å²) in [5.74, 6) is 0.958. The first-order chi connectivity index (χ1) is 12.9. The van der Waals surface area contributed by atoms with Gasteiger partial charge in [0.15, 0.2) is 5.96 Å². The van der Waals surface area contributed by atoms with Crippen molar-refractivity contribution in [3.63, 3.8) is 0 Å². The van der Waals surface area contributed by atoms with Crippen molar-refractivity contribution in [1.29, 1.82) is 0 Å². The molecule has 2 N–H and O–H groups in total. The van der Waals surface area contributed by atoms with Crippen LogP contribution in [0.15, 0.2) is 4.99 Å². The first kappa shape index (κ1) is 21.8. The normalized spacial score (nSPS) is 20.0. The van der Waals surface area contributed by atoms with Crippen molar-refractivity contribution in [2.45, 2.75) is 71.4 Å². The minimum absolute atomic E-state index is 0.194. The van der Waals surface area contributed by atoms with Crippen LogP contribution in [-0.2, 0) is 4.74 Å². The molecule has 1 aliphatic carbocycles. The Hall–Kier alpha value is -1.50. The molecule has 2 aliphatic rings. The molecule has 1 amide bonds. The Kier molecular flexibility index (Phi) is 8.67. The molecular weight excluding hydrogens is 342 g/mol. The zero-order chi connectivity index (χ0) is 19.7. The van der Waals surface area contributed by atoms with Crippen molar-refractivity contribution in [2.75, 3.05) is 45.8 Å². The summed E-state index contributed by atoms with van der Waals surface area (Å²) in [5, 5.41) is 6.91. The molecule has 0 spiro atoms. The Morgan fingerprint density at radius 2 is 1.81 bits per heavy atom. The summed E-state index contributed by atoms with van der Waals surface area (Å²) in [6.07, 6.45) is 6.01. The largest absolute Gasteiger partial charge is 0.444 e. The molecule has 0 unspecified atom stereocenters. The maximum absolute atomic E-state index is 12.1. The molecule has 27 heavy (non-hydrogen) atoms. The third kappa shape index (κ3) is 8.37. The van der Waals surface area contributed by atoms with Gasteiger partial charge in [-0.05, 0) is 47.0 Å². The van der Waals surface area contributed by atoms with Gasteiger partial charge in [-0.25, -0.2) is 4.79 Å². The van der Waals surface area contributed by atoms with Gasteiger partial charge < -0.3 is 20.3 Å². The second kappa shape index (κ2) is 10.7. The van der Waals surface area contributed by atoms with E-state index in [2.05, 4.69) is 22.5 Å². The quantitative estimate of drug-likeness (QED) is 0.420. The van der Waals surface area contributed by atoms with E-state index in [1.165, 1.54) is 25.7 Å². The van der Waals surface area contributed by atoms with E-state index in [4.69, 9.17) is 9.73 Å². The van der Waals surface area contributed by atoms with Gasteiger partial charge in [0.05, 0.1) is 0 Å². The highest BCUT2D eigenvalue weighted by Gasteiger charge is 2.25. The fourth-order valence-corrected chi connectivity index (χ4v) is 3.55. The third-order valence-corrected chi connectivity index (χ3v) is 4.97. The maximum Gasteiger partial charge on any atom is 0.410 e. The molecule has 1 saturated carbocycles. The Balaban J connectivity index is 1.64. The monoisotopic (exact) mass is 381 g/mol. The van der Waals surface area contributed by atoms with Crippen LogP contribution in [0.4, 0.5) is 4.79 Å². The van der Waals surface area contributed by atoms with Crippen molar-refractivity contribution in [3.8, 4) is 0 Å². The number of carbonyl (C=O) groups excluding carboxylic acids is 1. The highest BCUT2D eigenvalue weighted by atomic mass is 16.6. The highest BCUT2D eigenvalue weighted by molar-refractivity contribution is 5.80. The van der Waals surface area contributed by atoms with Crippen LogP contribution in [0.3, 0.4) is 0 Å². The molecule has 0 atom stereocenters. The standard InChI is InChI=1S/C20H39N5O2/c1-5-21-18(23-17-9-6-7-10-17)22-11-8-12-24-13-15-25(16-14-24)19(26)27-20(2,3)4/h17H,5-16H2,1-4H3,(H2,21,22,23). The van der Waals surface area contributed by atoms with Crippen LogP contribution in [0.1, 0.15) is 59.8 Å². The summed E-state index contributed by atoms with van der Waals surface area (Å²) in [5.41, 5.74) is -0.428. The van der Waals surface area contributed by atoms with Crippen molar-refractivity contribution >= 4 is 12.1 Å². The van der Waals surface area contributed by atoms with E-state index in [1.807, 2.05) is 25.7 Å². The van der Waals surface area contributed by atoms with Gasteiger partial charge in [-0.3, -0.25) is 9.89 Å². The van der Waals surface area contributed by atoms with Crippen LogP contribution in [-0.4, -0.2) is 79.3 Å². The predicted molar refractivity (Wildman–Crippen MR) is 110 cm³/mol. The first-order valence-corrected chi connectivity index (χ1v) is 10.6. The number of piperazine rings is 1. The Morgan fingerprint density at radius 3 is 2.41 bits per heavy atom. The lowest BCUT2D eigenvalue weighted by atomic mass is 10.2. The van der Waals surface area contributed by atoms with Crippen LogP contribution >= 0.6 is 0 Å². The molecular formula is C20H39N5O2. The lowest BCUT2D eigenvalue weighted by molar-refractivity contribution is 0.0145. The smallest absolute Gasteiger partial charge is 0.410 e. The number of rotatable bonds is 6. The fourth-order valence-electron chi connectivity index (χ4n) is 3.55. The highest BCUT2D eigenvalue weighted by Crippen LogP contribution is 2.17. The van der Waals surface area contributed by atoms with Crippen molar-refractivity contribution < 1.29 is 9.53 Å². The number of nitrogens with one attached hydrogen (secondary N) is 2. The zero-order valence-electron chi connectivity index (χ0n) is 17.7. The third-order valence-electron chi connectivity index (χ3n) is 4.97.